The van der Waals surface area contributed by atoms with Crippen molar-refractivity contribution in [2.24, 2.45) is 0 Å². The van der Waals surface area contributed by atoms with Crippen LogP contribution in [-0.2, 0) is 20.7 Å². The summed E-state index contributed by atoms with van der Waals surface area (Å²) in [4.78, 5) is 14.7. The number of likely N-dealkylation sites (tertiary alicyclic amines) is 1. The summed E-state index contributed by atoms with van der Waals surface area (Å²) in [6.45, 7) is 1.80. The Morgan fingerprint density at radius 1 is 1.28 bits per heavy atom. The largest absolute Gasteiger partial charge is 0.389 e. The minimum atomic E-state index is -0.774. The highest BCUT2D eigenvalue weighted by molar-refractivity contribution is 5.78. The topological polar surface area (TPSA) is 59.0 Å². The molecule has 1 aliphatic heterocycles. The summed E-state index contributed by atoms with van der Waals surface area (Å²) in [5.74, 6) is 0.0565. The minimum Gasteiger partial charge on any atom is -0.389 e. The van der Waals surface area contributed by atoms with E-state index in [1.54, 1.807) is 7.11 Å². The van der Waals surface area contributed by atoms with Gasteiger partial charge in [0.15, 0.2) is 0 Å². The lowest BCUT2D eigenvalue weighted by atomic mass is 9.77. The van der Waals surface area contributed by atoms with E-state index in [1.165, 1.54) is 5.56 Å². The first-order valence-electron chi connectivity index (χ1n) is 9.28. The van der Waals surface area contributed by atoms with Crippen LogP contribution in [0.3, 0.4) is 0 Å². The van der Waals surface area contributed by atoms with Crippen molar-refractivity contribution in [2.45, 2.75) is 56.3 Å². The monoisotopic (exact) mass is 347 g/mol. The molecule has 1 heterocycles. The molecule has 5 nitrogen and oxygen atoms in total. The second-order valence-electron chi connectivity index (χ2n) is 7.29. The molecule has 138 valence electrons. The van der Waals surface area contributed by atoms with Gasteiger partial charge in [-0.05, 0) is 37.7 Å². The molecule has 1 saturated heterocycles. The molecule has 0 bridgehead atoms. The summed E-state index contributed by atoms with van der Waals surface area (Å²) >= 11 is 0. The van der Waals surface area contributed by atoms with Crippen LogP contribution in [0.4, 0.5) is 0 Å². The number of carbonyl (C=O) groups excluding carboxylic acids is 1. The van der Waals surface area contributed by atoms with E-state index in [9.17, 15) is 9.90 Å². The molecule has 2 atom stereocenters. The number of methoxy groups -OCH3 is 1. The van der Waals surface area contributed by atoms with Crippen molar-refractivity contribution in [3.63, 3.8) is 0 Å². The molecule has 1 amide bonds. The third kappa shape index (κ3) is 4.60. The maximum absolute atomic E-state index is 12.8. The van der Waals surface area contributed by atoms with Gasteiger partial charge < -0.3 is 19.5 Å². The predicted molar refractivity (Wildman–Crippen MR) is 95.3 cm³/mol. The van der Waals surface area contributed by atoms with Crippen molar-refractivity contribution in [1.29, 1.82) is 0 Å². The smallest absolute Gasteiger partial charge is 0.225 e. The quantitative estimate of drug-likeness (QED) is 0.732. The first-order valence-corrected chi connectivity index (χ1v) is 9.28. The van der Waals surface area contributed by atoms with Gasteiger partial charge in [-0.3, -0.25) is 4.79 Å². The lowest BCUT2D eigenvalue weighted by Gasteiger charge is -2.38. The van der Waals surface area contributed by atoms with Crippen molar-refractivity contribution in [2.75, 3.05) is 26.9 Å². The van der Waals surface area contributed by atoms with Gasteiger partial charge in [0, 0.05) is 13.7 Å². The van der Waals surface area contributed by atoms with E-state index in [1.807, 2.05) is 23.1 Å². The Bertz CT molecular complexity index is 558. The van der Waals surface area contributed by atoms with E-state index in [-0.39, 0.29) is 24.5 Å². The van der Waals surface area contributed by atoms with Crippen LogP contribution >= 0.6 is 0 Å². The van der Waals surface area contributed by atoms with Gasteiger partial charge in [-0.25, -0.2) is 0 Å². The highest BCUT2D eigenvalue weighted by atomic mass is 16.5. The summed E-state index contributed by atoms with van der Waals surface area (Å²) in [5.41, 5.74) is 0.429. The van der Waals surface area contributed by atoms with Crippen molar-refractivity contribution in [3.8, 4) is 0 Å². The SMILES string of the molecule is COCCO[C@@H]1CCN(C(=O)CC2(O)CCC2)[C@H]1Cc1ccccc1. The fourth-order valence-electron chi connectivity index (χ4n) is 3.85. The molecule has 0 spiro atoms. The zero-order valence-electron chi connectivity index (χ0n) is 15.0. The van der Waals surface area contributed by atoms with Crippen LogP contribution in [0.1, 0.15) is 37.7 Å². The standard InChI is InChI=1S/C20H29NO4/c1-24-12-13-25-18-8-11-21(19(22)15-20(23)9-5-10-20)17(18)14-16-6-3-2-4-7-16/h2-4,6-7,17-18,23H,5,8-15H2,1H3/t17-,18+/m0/s1. The molecule has 0 radical (unpaired) electrons. The van der Waals surface area contributed by atoms with Gasteiger partial charge in [-0.1, -0.05) is 30.3 Å². The molecule has 0 aromatic heterocycles. The zero-order valence-corrected chi connectivity index (χ0v) is 15.0. The van der Waals surface area contributed by atoms with Gasteiger partial charge in [0.2, 0.25) is 5.91 Å². The number of nitrogens with zero attached hydrogens (tertiary/aromatic N) is 1. The van der Waals surface area contributed by atoms with Crippen LogP contribution in [0.15, 0.2) is 30.3 Å². The number of carbonyl (C=O) groups is 1. The first-order chi connectivity index (χ1) is 12.1. The van der Waals surface area contributed by atoms with Crippen molar-refractivity contribution in [3.05, 3.63) is 35.9 Å². The van der Waals surface area contributed by atoms with E-state index in [0.717, 1.165) is 32.1 Å². The third-order valence-electron chi connectivity index (χ3n) is 5.48. The molecular formula is C20H29NO4. The summed E-state index contributed by atoms with van der Waals surface area (Å²) < 4.78 is 11.1. The summed E-state index contributed by atoms with van der Waals surface area (Å²) in [7, 11) is 1.66. The minimum absolute atomic E-state index is 0.0235. The van der Waals surface area contributed by atoms with Gasteiger partial charge >= 0.3 is 0 Å². The van der Waals surface area contributed by atoms with Crippen LogP contribution in [0.25, 0.3) is 0 Å². The van der Waals surface area contributed by atoms with E-state index < -0.39 is 5.60 Å². The molecule has 5 heteroatoms. The van der Waals surface area contributed by atoms with Crippen molar-refractivity contribution < 1.29 is 19.4 Å². The fraction of sp³-hybridized carbons (Fsp3) is 0.650. The van der Waals surface area contributed by atoms with Gasteiger partial charge in [-0.2, -0.15) is 0 Å². The molecule has 0 unspecified atom stereocenters. The second kappa shape index (κ2) is 8.30. The molecule has 2 aliphatic rings. The predicted octanol–water partition coefficient (Wildman–Crippen LogP) is 2.17. The number of aliphatic hydroxyl groups is 1. The van der Waals surface area contributed by atoms with Gasteiger partial charge in [-0.15, -0.1) is 0 Å². The van der Waals surface area contributed by atoms with Gasteiger partial charge in [0.05, 0.1) is 37.4 Å². The molecule has 1 saturated carbocycles. The van der Waals surface area contributed by atoms with Crippen LogP contribution < -0.4 is 0 Å². The number of hydrogen-bond donors (Lipinski definition) is 1. The Balaban J connectivity index is 1.67. The lowest BCUT2D eigenvalue weighted by molar-refractivity contribution is -0.142. The third-order valence-corrected chi connectivity index (χ3v) is 5.48. The number of hydrogen-bond acceptors (Lipinski definition) is 4. The lowest BCUT2D eigenvalue weighted by Crippen LogP contribution is -2.47. The van der Waals surface area contributed by atoms with Crippen LogP contribution in [-0.4, -0.2) is 60.5 Å². The number of rotatable bonds is 8. The highest BCUT2D eigenvalue weighted by Gasteiger charge is 2.42. The maximum atomic E-state index is 12.8. The molecule has 1 N–H and O–H groups in total. The van der Waals surface area contributed by atoms with Crippen LogP contribution in [0.2, 0.25) is 0 Å². The molecule has 1 aromatic carbocycles. The number of amides is 1. The molecule has 1 aromatic rings. The summed E-state index contributed by atoms with van der Waals surface area (Å²) in [6.07, 6.45) is 4.38. The van der Waals surface area contributed by atoms with E-state index in [2.05, 4.69) is 12.1 Å². The summed E-state index contributed by atoms with van der Waals surface area (Å²) in [6, 6.07) is 10.2. The molecule has 25 heavy (non-hydrogen) atoms. The summed E-state index contributed by atoms with van der Waals surface area (Å²) in [5, 5.41) is 10.4. The van der Waals surface area contributed by atoms with Gasteiger partial charge in [0.25, 0.3) is 0 Å². The maximum Gasteiger partial charge on any atom is 0.225 e. The van der Waals surface area contributed by atoms with Crippen LogP contribution in [0, 0.1) is 0 Å². The Hall–Kier alpha value is -1.43. The Kier molecular flexibility index (Phi) is 6.10. The molecule has 3 rings (SSSR count). The first kappa shape index (κ1) is 18.4. The average molecular weight is 347 g/mol. The van der Waals surface area contributed by atoms with Crippen molar-refractivity contribution >= 4 is 5.91 Å². The average Bonchev–Trinajstić information content (AvgIpc) is 2.97. The highest BCUT2D eigenvalue weighted by Crippen LogP contribution is 2.36. The molecular weight excluding hydrogens is 318 g/mol. The normalized spacial score (nSPS) is 25.0. The number of ether oxygens (including phenoxy) is 2. The Labute approximate surface area is 149 Å². The van der Waals surface area contributed by atoms with E-state index >= 15 is 0 Å². The Morgan fingerprint density at radius 2 is 2.04 bits per heavy atom. The van der Waals surface area contributed by atoms with Crippen LogP contribution in [0.5, 0.6) is 0 Å². The second-order valence-corrected chi connectivity index (χ2v) is 7.29. The van der Waals surface area contributed by atoms with Crippen molar-refractivity contribution in [1.82, 2.24) is 4.90 Å². The Morgan fingerprint density at radius 3 is 2.68 bits per heavy atom. The number of benzene rings is 1. The molecule has 1 aliphatic carbocycles. The van der Waals surface area contributed by atoms with Gasteiger partial charge in [0.1, 0.15) is 0 Å². The zero-order chi connectivity index (χ0) is 17.7. The fourth-order valence-corrected chi connectivity index (χ4v) is 3.85. The van der Waals surface area contributed by atoms with E-state index in [0.29, 0.717) is 19.8 Å². The van der Waals surface area contributed by atoms with E-state index in [4.69, 9.17) is 9.47 Å². The molecule has 2 fully saturated rings.